The van der Waals surface area contributed by atoms with Gasteiger partial charge in [0, 0.05) is 30.4 Å². The number of aromatic nitrogens is 6. The Hall–Kier alpha value is -4.70. The molecule has 1 unspecified atom stereocenters. The molecule has 0 radical (unpaired) electrons. The van der Waals surface area contributed by atoms with Gasteiger partial charge in [0.25, 0.3) is 5.91 Å². The van der Waals surface area contributed by atoms with E-state index in [1.54, 1.807) is 19.4 Å². The van der Waals surface area contributed by atoms with Gasteiger partial charge in [-0.15, -0.1) is 0 Å². The Kier molecular flexibility index (Phi) is 6.80. The molecule has 192 valence electrons. The van der Waals surface area contributed by atoms with Gasteiger partial charge in [0.05, 0.1) is 35.0 Å². The van der Waals surface area contributed by atoms with Gasteiger partial charge in [0.1, 0.15) is 5.56 Å². The number of nitrogens with one attached hydrogen (secondary N) is 2. The van der Waals surface area contributed by atoms with E-state index in [9.17, 15) is 4.79 Å². The Morgan fingerprint density at radius 1 is 1.32 bits per heavy atom. The van der Waals surface area contributed by atoms with E-state index in [1.165, 1.54) is 17.0 Å². The van der Waals surface area contributed by atoms with Crippen molar-refractivity contribution in [1.82, 2.24) is 35.1 Å². The number of nitrogen functional groups attached to an aromatic ring is 1. The number of aliphatic imine (C=N–C) groups is 1. The molecule has 0 spiro atoms. The molecule has 38 heavy (non-hydrogen) atoms. The summed E-state index contributed by atoms with van der Waals surface area (Å²) in [6.45, 7) is 6.01. The summed E-state index contributed by atoms with van der Waals surface area (Å²) in [4.78, 5) is 17.7. The number of rotatable bonds is 8. The van der Waals surface area contributed by atoms with Gasteiger partial charge in [0.2, 0.25) is 0 Å². The van der Waals surface area contributed by atoms with E-state index in [0.29, 0.717) is 17.4 Å². The van der Waals surface area contributed by atoms with Crippen molar-refractivity contribution in [3.05, 3.63) is 89.4 Å². The van der Waals surface area contributed by atoms with Gasteiger partial charge < -0.3 is 11.1 Å². The minimum Gasteiger partial charge on any atom is -0.381 e. The molecule has 11 heteroatoms. The monoisotopic (exact) mass is 527 g/mol. The summed E-state index contributed by atoms with van der Waals surface area (Å²) in [6.07, 6.45) is 6.46. The van der Waals surface area contributed by atoms with Crippen LogP contribution in [0.2, 0.25) is 5.02 Å². The van der Waals surface area contributed by atoms with E-state index in [1.807, 2.05) is 54.1 Å². The molecule has 0 saturated carbocycles. The predicted molar refractivity (Wildman–Crippen MR) is 150 cm³/mol. The average Bonchev–Trinajstić information content (AvgIpc) is 3.63. The number of anilines is 1. The van der Waals surface area contributed by atoms with E-state index in [4.69, 9.17) is 17.3 Å². The molecule has 3 heterocycles. The first-order valence-electron chi connectivity index (χ1n) is 11.9. The summed E-state index contributed by atoms with van der Waals surface area (Å²) >= 11 is 6.78. The van der Waals surface area contributed by atoms with Gasteiger partial charge in [-0.2, -0.15) is 15.3 Å². The summed E-state index contributed by atoms with van der Waals surface area (Å²) in [6, 6.07) is 13.3. The first-order chi connectivity index (χ1) is 18.4. The number of hydrogen-bond donors (Lipinski definition) is 3. The van der Waals surface area contributed by atoms with Crippen molar-refractivity contribution in [3.63, 3.8) is 0 Å². The quantitative estimate of drug-likeness (QED) is 0.249. The molecule has 2 aromatic carbocycles. The summed E-state index contributed by atoms with van der Waals surface area (Å²) in [7, 11) is 1.67. The zero-order chi connectivity index (χ0) is 26.8. The van der Waals surface area contributed by atoms with Crippen LogP contribution < -0.4 is 11.1 Å². The molecule has 0 bridgehead atoms. The second kappa shape index (κ2) is 10.3. The van der Waals surface area contributed by atoms with Crippen LogP contribution in [0.25, 0.3) is 22.0 Å². The predicted octanol–water partition coefficient (Wildman–Crippen LogP) is 4.82. The number of hydrogen-bond acceptors (Lipinski definition) is 6. The lowest BCUT2D eigenvalue weighted by Gasteiger charge is -2.21. The summed E-state index contributed by atoms with van der Waals surface area (Å²) in [5, 5.41) is 20.2. The fourth-order valence-corrected chi connectivity index (χ4v) is 4.78. The third-order valence-corrected chi connectivity index (χ3v) is 6.55. The zero-order valence-corrected chi connectivity index (χ0v) is 21.6. The molecular formula is C27H26ClN9O. The van der Waals surface area contributed by atoms with Crippen LogP contribution in [-0.4, -0.2) is 41.9 Å². The van der Waals surface area contributed by atoms with Gasteiger partial charge in [-0.25, -0.2) is 9.67 Å². The Labute approximate surface area is 223 Å². The maximum absolute atomic E-state index is 13.5. The Morgan fingerprint density at radius 3 is 2.82 bits per heavy atom. The van der Waals surface area contributed by atoms with Gasteiger partial charge in [0.15, 0.2) is 11.6 Å². The van der Waals surface area contributed by atoms with Crippen LogP contribution in [0, 0.1) is 0 Å². The number of nitrogens with two attached hydrogens (primary N) is 1. The number of aromatic amines is 1. The van der Waals surface area contributed by atoms with Crippen molar-refractivity contribution in [2.45, 2.75) is 19.5 Å². The lowest BCUT2D eigenvalue weighted by Crippen LogP contribution is -2.27. The van der Waals surface area contributed by atoms with E-state index < -0.39 is 11.9 Å². The first-order valence-corrected chi connectivity index (χ1v) is 12.3. The third kappa shape index (κ3) is 4.57. The van der Waals surface area contributed by atoms with Crippen LogP contribution in [0.3, 0.4) is 0 Å². The number of aryl methyl sites for hydroxylation is 1. The van der Waals surface area contributed by atoms with Gasteiger partial charge in [-0.3, -0.25) is 14.6 Å². The topological polar surface area (TPSA) is 132 Å². The first kappa shape index (κ1) is 25.0. The standard InChI is InChI=1S/C27H26ClN9O/c1-4-11-30-26-23(25(29)35-36(26)3)27(38)33-16(2)19-13-21(28)20-14-32-37(15-18-10-12-31-34-18)24(20)22(19)17-8-6-5-7-9-17/h4-14,16H,1,15H2,2-3H3,(H2,29,35)(H,31,34)(H,33,38)/b30-11-. The average molecular weight is 528 g/mol. The zero-order valence-electron chi connectivity index (χ0n) is 20.9. The second-order valence-electron chi connectivity index (χ2n) is 8.75. The maximum Gasteiger partial charge on any atom is 0.259 e. The lowest BCUT2D eigenvalue weighted by atomic mass is 9.93. The minimum atomic E-state index is -0.453. The van der Waals surface area contributed by atoms with E-state index in [0.717, 1.165) is 33.3 Å². The van der Waals surface area contributed by atoms with E-state index in [2.05, 4.69) is 37.3 Å². The maximum atomic E-state index is 13.5. The number of carbonyl (C=O) groups is 1. The van der Waals surface area contributed by atoms with Crippen molar-refractivity contribution >= 4 is 46.3 Å². The molecule has 0 fully saturated rings. The van der Waals surface area contributed by atoms with Crippen molar-refractivity contribution in [1.29, 1.82) is 0 Å². The fraction of sp³-hybridized carbons (Fsp3) is 0.148. The molecule has 1 amide bonds. The highest BCUT2D eigenvalue weighted by molar-refractivity contribution is 6.36. The molecule has 0 saturated heterocycles. The van der Waals surface area contributed by atoms with Crippen molar-refractivity contribution in [3.8, 4) is 11.1 Å². The van der Waals surface area contributed by atoms with Gasteiger partial charge in [-0.1, -0.05) is 54.6 Å². The van der Waals surface area contributed by atoms with Crippen LogP contribution >= 0.6 is 11.6 Å². The number of halogens is 1. The second-order valence-corrected chi connectivity index (χ2v) is 9.16. The van der Waals surface area contributed by atoms with Gasteiger partial charge in [-0.05, 0) is 30.2 Å². The normalized spacial score (nSPS) is 12.3. The number of carbonyl (C=O) groups excluding carboxylic acids is 1. The molecule has 5 rings (SSSR count). The highest BCUT2D eigenvalue weighted by Gasteiger charge is 2.26. The Balaban J connectivity index is 1.62. The number of benzene rings is 2. The molecule has 1 atom stereocenters. The molecular weight excluding hydrogens is 502 g/mol. The van der Waals surface area contributed by atoms with E-state index >= 15 is 0 Å². The number of amides is 1. The lowest BCUT2D eigenvalue weighted by molar-refractivity contribution is 0.0941. The third-order valence-electron chi connectivity index (χ3n) is 6.23. The SMILES string of the molecule is C=C/C=N\c1c(C(=O)NC(C)c2cc(Cl)c3cnn(Cc4ccn[nH]4)c3c2-c2ccccc2)c(N)nn1C. The highest BCUT2D eigenvalue weighted by atomic mass is 35.5. The van der Waals surface area contributed by atoms with Crippen molar-refractivity contribution < 1.29 is 4.79 Å². The largest absolute Gasteiger partial charge is 0.381 e. The molecule has 3 aromatic heterocycles. The molecule has 0 aliphatic carbocycles. The van der Waals surface area contributed by atoms with Crippen LogP contribution in [0.1, 0.15) is 34.6 Å². The Bertz CT molecular complexity index is 1650. The number of nitrogens with zero attached hydrogens (tertiary/aromatic N) is 6. The molecule has 0 aliphatic rings. The van der Waals surface area contributed by atoms with Crippen LogP contribution in [0.15, 0.2) is 72.5 Å². The summed E-state index contributed by atoms with van der Waals surface area (Å²) in [5.74, 6) is 0.0184. The number of H-pyrrole nitrogens is 1. The van der Waals surface area contributed by atoms with Crippen LogP contribution in [0.4, 0.5) is 11.6 Å². The summed E-state index contributed by atoms with van der Waals surface area (Å²) in [5.41, 5.74) is 10.7. The number of allylic oxidation sites excluding steroid dienone is 1. The smallest absolute Gasteiger partial charge is 0.259 e. The van der Waals surface area contributed by atoms with Crippen LogP contribution in [0.5, 0.6) is 0 Å². The molecule has 4 N–H and O–H groups in total. The van der Waals surface area contributed by atoms with Crippen LogP contribution in [-0.2, 0) is 13.6 Å². The minimum absolute atomic E-state index is 0.0859. The molecule has 10 nitrogen and oxygen atoms in total. The van der Waals surface area contributed by atoms with Gasteiger partial charge >= 0.3 is 0 Å². The Morgan fingerprint density at radius 2 is 2.11 bits per heavy atom. The molecule has 0 aliphatic heterocycles. The highest BCUT2D eigenvalue weighted by Crippen LogP contribution is 2.39. The fourth-order valence-electron chi connectivity index (χ4n) is 4.52. The van der Waals surface area contributed by atoms with Crippen molar-refractivity contribution in [2.24, 2.45) is 12.0 Å². The van der Waals surface area contributed by atoms with E-state index in [-0.39, 0.29) is 11.4 Å². The number of fused-ring (bicyclic) bond motifs is 1. The van der Waals surface area contributed by atoms with Crippen molar-refractivity contribution in [2.75, 3.05) is 5.73 Å². The summed E-state index contributed by atoms with van der Waals surface area (Å²) < 4.78 is 3.34. The molecule has 5 aromatic rings.